The zero-order valence-corrected chi connectivity index (χ0v) is 29.5. The molecule has 10 aromatic rings. The SMILES string of the molecule is c1ccc(-c2ccc(-c3cc(-c4ccccc4-c4c5ccccc5cc5c4ccc4ccccc45)nc(-c4ccccc4)n3)c(-c3ccccc3)c2)cc1. The van der Waals surface area contributed by atoms with Crippen LogP contribution in [0.15, 0.2) is 206 Å². The van der Waals surface area contributed by atoms with Crippen molar-refractivity contribution in [3.63, 3.8) is 0 Å². The van der Waals surface area contributed by atoms with Crippen LogP contribution in [-0.4, -0.2) is 9.97 Å². The Morgan fingerprint density at radius 2 is 0.815 bits per heavy atom. The van der Waals surface area contributed by atoms with Crippen molar-refractivity contribution in [2.45, 2.75) is 0 Å². The maximum atomic E-state index is 5.35. The fourth-order valence-corrected chi connectivity index (χ4v) is 7.91. The minimum Gasteiger partial charge on any atom is -0.228 e. The first-order chi connectivity index (χ1) is 26.8. The van der Waals surface area contributed by atoms with E-state index in [4.69, 9.17) is 9.97 Å². The van der Waals surface area contributed by atoms with Crippen molar-refractivity contribution >= 4 is 32.3 Å². The van der Waals surface area contributed by atoms with E-state index in [9.17, 15) is 0 Å². The molecule has 2 nitrogen and oxygen atoms in total. The van der Waals surface area contributed by atoms with E-state index in [-0.39, 0.29) is 0 Å². The molecule has 9 aromatic carbocycles. The molecule has 1 aromatic heterocycles. The summed E-state index contributed by atoms with van der Waals surface area (Å²) in [7, 11) is 0. The average Bonchev–Trinajstić information content (AvgIpc) is 3.26. The Bertz CT molecular complexity index is 2970. The van der Waals surface area contributed by atoms with Crippen molar-refractivity contribution in [1.29, 1.82) is 0 Å². The monoisotopic (exact) mass is 686 g/mol. The number of hydrogen-bond donors (Lipinski definition) is 0. The van der Waals surface area contributed by atoms with E-state index in [0.29, 0.717) is 5.82 Å². The molecule has 0 N–H and O–H groups in total. The van der Waals surface area contributed by atoms with Crippen LogP contribution in [0.4, 0.5) is 0 Å². The Morgan fingerprint density at radius 3 is 1.54 bits per heavy atom. The minimum absolute atomic E-state index is 0.692. The topological polar surface area (TPSA) is 25.8 Å². The van der Waals surface area contributed by atoms with E-state index in [0.717, 1.165) is 50.3 Å². The predicted molar refractivity (Wildman–Crippen MR) is 227 cm³/mol. The van der Waals surface area contributed by atoms with Gasteiger partial charge < -0.3 is 0 Å². The van der Waals surface area contributed by atoms with Crippen molar-refractivity contribution in [1.82, 2.24) is 9.97 Å². The van der Waals surface area contributed by atoms with Gasteiger partial charge in [-0.1, -0.05) is 188 Å². The van der Waals surface area contributed by atoms with E-state index in [2.05, 4.69) is 200 Å². The van der Waals surface area contributed by atoms with Gasteiger partial charge in [0.1, 0.15) is 0 Å². The Balaban J connectivity index is 1.24. The van der Waals surface area contributed by atoms with Crippen molar-refractivity contribution in [2.75, 3.05) is 0 Å². The molecule has 0 amide bonds. The van der Waals surface area contributed by atoms with E-state index in [1.54, 1.807) is 0 Å². The zero-order valence-electron chi connectivity index (χ0n) is 29.5. The van der Waals surface area contributed by atoms with Gasteiger partial charge in [0.15, 0.2) is 5.82 Å². The van der Waals surface area contributed by atoms with Crippen LogP contribution in [0, 0.1) is 0 Å². The first-order valence-electron chi connectivity index (χ1n) is 18.4. The number of rotatable bonds is 6. The normalized spacial score (nSPS) is 11.3. The Kier molecular flexibility index (Phi) is 7.85. The first-order valence-corrected chi connectivity index (χ1v) is 18.4. The second kappa shape index (κ2) is 13.4. The summed E-state index contributed by atoms with van der Waals surface area (Å²) in [5.74, 6) is 0.692. The fraction of sp³-hybridized carbons (Fsp3) is 0. The smallest absolute Gasteiger partial charge is 0.160 e. The lowest BCUT2D eigenvalue weighted by molar-refractivity contribution is 1.18. The predicted octanol–water partition coefficient (Wildman–Crippen LogP) is 13.9. The summed E-state index contributed by atoms with van der Waals surface area (Å²) < 4.78 is 0. The van der Waals surface area contributed by atoms with Crippen LogP contribution in [0.3, 0.4) is 0 Å². The number of nitrogens with zero attached hydrogens (tertiary/aromatic N) is 2. The van der Waals surface area contributed by atoms with Gasteiger partial charge in [-0.15, -0.1) is 0 Å². The zero-order chi connectivity index (χ0) is 35.8. The van der Waals surface area contributed by atoms with Crippen LogP contribution < -0.4 is 0 Å². The van der Waals surface area contributed by atoms with E-state index in [1.807, 2.05) is 6.07 Å². The molecule has 0 saturated heterocycles. The lowest BCUT2D eigenvalue weighted by atomic mass is 9.87. The van der Waals surface area contributed by atoms with Crippen LogP contribution >= 0.6 is 0 Å². The molecule has 10 rings (SSSR count). The van der Waals surface area contributed by atoms with Crippen molar-refractivity contribution in [3.05, 3.63) is 206 Å². The van der Waals surface area contributed by atoms with Gasteiger partial charge >= 0.3 is 0 Å². The molecule has 0 saturated carbocycles. The highest BCUT2D eigenvalue weighted by Gasteiger charge is 2.20. The van der Waals surface area contributed by atoms with Gasteiger partial charge in [0, 0.05) is 16.7 Å². The fourth-order valence-electron chi connectivity index (χ4n) is 7.91. The number of aromatic nitrogens is 2. The van der Waals surface area contributed by atoms with Crippen LogP contribution in [0.2, 0.25) is 0 Å². The van der Waals surface area contributed by atoms with Gasteiger partial charge in [-0.2, -0.15) is 0 Å². The van der Waals surface area contributed by atoms with Crippen LogP contribution in [0.25, 0.3) is 99.6 Å². The second-order valence-corrected chi connectivity index (χ2v) is 13.7. The molecule has 1 heterocycles. The quantitative estimate of drug-likeness (QED) is 0.129. The Labute approximate surface area is 314 Å². The Hall–Kier alpha value is -7.16. The highest BCUT2D eigenvalue weighted by Crippen LogP contribution is 2.44. The summed E-state index contributed by atoms with van der Waals surface area (Å²) in [4.78, 5) is 10.7. The molecule has 0 aliphatic heterocycles. The van der Waals surface area contributed by atoms with E-state index >= 15 is 0 Å². The van der Waals surface area contributed by atoms with Gasteiger partial charge in [-0.3, -0.25) is 0 Å². The van der Waals surface area contributed by atoms with Crippen LogP contribution in [0.5, 0.6) is 0 Å². The summed E-state index contributed by atoms with van der Waals surface area (Å²) in [5, 5.41) is 7.39. The molecule has 252 valence electrons. The van der Waals surface area contributed by atoms with Crippen LogP contribution in [0.1, 0.15) is 0 Å². The molecule has 0 bridgehead atoms. The molecule has 0 spiro atoms. The largest absolute Gasteiger partial charge is 0.228 e. The summed E-state index contributed by atoms with van der Waals surface area (Å²) in [5.41, 5.74) is 11.8. The van der Waals surface area contributed by atoms with Crippen molar-refractivity contribution in [3.8, 4) is 67.3 Å². The van der Waals surface area contributed by atoms with Crippen molar-refractivity contribution in [2.24, 2.45) is 0 Å². The second-order valence-electron chi connectivity index (χ2n) is 13.7. The maximum absolute atomic E-state index is 5.35. The van der Waals surface area contributed by atoms with Gasteiger partial charge in [-0.25, -0.2) is 9.97 Å². The molecule has 0 atom stereocenters. The third kappa shape index (κ3) is 5.62. The molecule has 0 radical (unpaired) electrons. The number of hydrogen-bond acceptors (Lipinski definition) is 2. The first kappa shape index (κ1) is 31.6. The van der Waals surface area contributed by atoms with E-state index < -0.39 is 0 Å². The summed E-state index contributed by atoms with van der Waals surface area (Å²) in [6.45, 7) is 0. The van der Waals surface area contributed by atoms with Gasteiger partial charge in [0.25, 0.3) is 0 Å². The lowest BCUT2D eigenvalue weighted by Crippen LogP contribution is -1.98. The highest BCUT2D eigenvalue weighted by molar-refractivity contribution is 6.21. The third-order valence-corrected chi connectivity index (χ3v) is 10.5. The number of benzene rings is 9. The minimum atomic E-state index is 0.692. The van der Waals surface area contributed by atoms with Gasteiger partial charge in [0.05, 0.1) is 11.4 Å². The number of fused-ring (bicyclic) bond motifs is 4. The average molecular weight is 687 g/mol. The Morgan fingerprint density at radius 1 is 0.259 bits per heavy atom. The van der Waals surface area contributed by atoms with E-state index in [1.165, 1.54) is 43.4 Å². The molecule has 54 heavy (non-hydrogen) atoms. The molecule has 2 heteroatoms. The van der Waals surface area contributed by atoms with Gasteiger partial charge in [0.2, 0.25) is 0 Å². The summed E-state index contributed by atoms with van der Waals surface area (Å²) in [6.07, 6.45) is 0. The molecular formula is C52H34N2. The lowest BCUT2D eigenvalue weighted by Gasteiger charge is -2.18. The highest BCUT2D eigenvalue weighted by atomic mass is 14.9. The maximum Gasteiger partial charge on any atom is 0.160 e. The molecule has 0 aliphatic carbocycles. The summed E-state index contributed by atoms with van der Waals surface area (Å²) >= 11 is 0. The standard InChI is InChI=1S/C52H34N2/c1-4-16-35(17-5-1)39-29-30-44(47(32-39)36-18-6-2-7-19-36)50-34-49(53-52(54-50)38-21-8-3-9-22-38)43-26-14-15-27-45(43)51-42-25-13-11-23-40(42)33-48-41-24-12-10-20-37(41)28-31-46(48)51/h1-34H. The molecule has 0 unspecified atom stereocenters. The molecule has 0 aliphatic rings. The van der Waals surface area contributed by atoms with Crippen molar-refractivity contribution < 1.29 is 0 Å². The third-order valence-electron chi connectivity index (χ3n) is 10.5. The molecule has 0 fully saturated rings. The summed E-state index contributed by atoms with van der Waals surface area (Å²) in [6, 6.07) is 73.5. The molecular weight excluding hydrogens is 653 g/mol. The van der Waals surface area contributed by atoms with Gasteiger partial charge in [-0.05, 0) is 83.9 Å². The van der Waals surface area contributed by atoms with Crippen LogP contribution in [-0.2, 0) is 0 Å².